The predicted octanol–water partition coefficient (Wildman–Crippen LogP) is 2.06. The highest BCUT2D eigenvalue weighted by Gasteiger charge is 2.44. The lowest BCUT2D eigenvalue weighted by atomic mass is 9.88. The molecule has 0 aliphatic heterocycles. The quantitative estimate of drug-likeness (QED) is 0.451. The van der Waals surface area contributed by atoms with E-state index in [1.54, 1.807) is 37.3 Å². The average Bonchev–Trinajstić information content (AvgIpc) is 2.82. The van der Waals surface area contributed by atoms with Crippen molar-refractivity contribution in [2.45, 2.75) is 32.8 Å². The van der Waals surface area contributed by atoms with Crippen LogP contribution in [0.5, 0.6) is 0 Å². The summed E-state index contributed by atoms with van der Waals surface area (Å²) < 4.78 is 5.11. The van der Waals surface area contributed by atoms with E-state index < -0.39 is 34.7 Å². The first-order chi connectivity index (χ1) is 12.3. The zero-order chi connectivity index (χ0) is 19.3. The number of carbonyl (C=O) groups is 3. The fourth-order valence-corrected chi connectivity index (χ4v) is 3.24. The van der Waals surface area contributed by atoms with Gasteiger partial charge in [-0.25, -0.2) is 0 Å². The van der Waals surface area contributed by atoms with Gasteiger partial charge in [-0.3, -0.25) is 24.5 Å². The van der Waals surface area contributed by atoms with Gasteiger partial charge in [-0.1, -0.05) is 25.1 Å². The van der Waals surface area contributed by atoms with Gasteiger partial charge in [0.05, 0.1) is 6.42 Å². The number of amides is 1. The van der Waals surface area contributed by atoms with Gasteiger partial charge in [-0.2, -0.15) is 0 Å². The van der Waals surface area contributed by atoms with Crippen molar-refractivity contribution in [2.75, 3.05) is 11.9 Å². The summed E-state index contributed by atoms with van der Waals surface area (Å²) in [5.74, 6) is -2.73. The fraction of sp³-hybridized carbons (Fsp3) is 0.500. The van der Waals surface area contributed by atoms with E-state index in [0.29, 0.717) is 5.69 Å². The number of nitro groups is 1. The van der Waals surface area contributed by atoms with E-state index >= 15 is 0 Å². The third kappa shape index (κ3) is 5.11. The first-order valence-electron chi connectivity index (χ1n) is 8.47. The number of hydrogen-bond acceptors (Lipinski definition) is 6. The Labute approximate surface area is 151 Å². The SMILES string of the molecule is C[C@H](OC(=O)C[C@@H]1C(=O)C[C@H](C)[C@H]1C[N+](=O)[O-])C(=O)Nc1ccccc1. The molecule has 0 saturated heterocycles. The standard InChI is InChI=1S/C18H22N2O6/c1-11-8-16(21)14(15(11)10-20(24)25)9-17(22)26-12(2)18(23)19-13-6-4-3-5-7-13/h3-7,11-12,14-15H,8-10H2,1-2H3,(H,19,23)/t11-,12-,14-,15+/m0/s1. The molecule has 1 aromatic carbocycles. The van der Waals surface area contributed by atoms with Crippen LogP contribution in [0.15, 0.2) is 30.3 Å². The minimum atomic E-state index is -1.04. The monoisotopic (exact) mass is 362 g/mol. The number of carbonyl (C=O) groups excluding carboxylic acids is 3. The molecule has 8 heteroatoms. The van der Waals surface area contributed by atoms with Gasteiger partial charge in [0.25, 0.3) is 5.91 Å². The molecule has 1 fully saturated rings. The topological polar surface area (TPSA) is 116 Å². The highest BCUT2D eigenvalue weighted by molar-refractivity contribution is 5.95. The number of nitrogens with one attached hydrogen (secondary N) is 1. The van der Waals surface area contributed by atoms with Crippen LogP contribution in [0.2, 0.25) is 0 Å². The second-order valence-electron chi connectivity index (χ2n) is 6.62. The lowest BCUT2D eigenvalue weighted by Gasteiger charge is -2.18. The van der Waals surface area contributed by atoms with E-state index in [2.05, 4.69) is 5.32 Å². The van der Waals surface area contributed by atoms with Crippen LogP contribution in [0.1, 0.15) is 26.7 Å². The van der Waals surface area contributed by atoms with Gasteiger partial charge in [-0.15, -0.1) is 0 Å². The van der Waals surface area contributed by atoms with E-state index in [4.69, 9.17) is 4.74 Å². The average molecular weight is 362 g/mol. The molecule has 0 radical (unpaired) electrons. The molecule has 0 bridgehead atoms. The summed E-state index contributed by atoms with van der Waals surface area (Å²) in [4.78, 5) is 46.6. The van der Waals surface area contributed by atoms with E-state index in [-0.39, 0.29) is 31.1 Å². The largest absolute Gasteiger partial charge is 0.453 e. The molecule has 1 aliphatic carbocycles. The molecule has 0 unspecified atom stereocenters. The van der Waals surface area contributed by atoms with Crippen LogP contribution in [-0.4, -0.2) is 35.2 Å². The molecule has 26 heavy (non-hydrogen) atoms. The van der Waals surface area contributed by atoms with Gasteiger partial charge >= 0.3 is 5.97 Å². The molecule has 0 spiro atoms. The Bertz CT molecular complexity index is 690. The Hall–Kier alpha value is -2.77. The summed E-state index contributed by atoms with van der Waals surface area (Å²) >= 11 is 0. The summed E-state index contributed by atoms with van der Waals surface area (Å²) in [7, 11) is 0. The molecule has 1 aromatic rings. The summed E-state index contributed by atoms with van der Waals surface area (Å²) in [5.41, 5.74) is 0.575. The van der Waals surface area contributed by atoms with Gasteiger partial charge in [0, 0.05) is 28.9 Å². The van der Waals surface area contributed by atoms with E-state index in [1.807, 2.05) is 0 Å². The minimum Gasteiger partial charge on any atom is -0.453 e. The molecular formula is C18H22N2O6. The Kier molecular flexibility index (Phi) is 6.43. The number of benzene rings is 1. The summed E-state index contributed by atoms with van der Waals surface area (Å²) in [6, 6.07) is 8.73. The Morgan fingerprint density at radius 3 is 2.62 bits per heavy atom. The second-order valence-corrected chi connectivity index (χ2v) is 6.62. The number of ketones is 1. The number of nitrogens with zero attached hydrogens (tertiary/aromatic N) is 1. The summed E-state index contributed by atoms with van der Waals surface area (Å²) in [6.45, 7) is 2.85. The highest BCUT2D eigenvalue weighted by Crippen LogP contribution is 2.36. The van der Waals surface area contributed by atoms with Crippen LogP contribution in [0.25, 0.3) is 0 Å². The van der Waals surface area contributed by atoms with Crippen molar-refractivity contribution in [1.29, 1.82) is 0 Å². The fourth-order valence-electron chi connectivity index (χ4n) is 3.24. The number of Topliss-reactive ketones (excluding diaryl/α,β-unsaturated/α-hetero) is 1. The van der Waals surface area contributed by atoms with Crippen molar-refractivity contribution >= 4 is 23.3 Å². The van der Waals surface area contributed by atoms with Crippen molar-refractivity contribution in [3.05, 3.63) is 40.4 Å². The number of ether oxygens (including phenoxy) is 1. The van der Waals surface area contributed by atoms with E-state index in [9.17, 15) is 24.5 Å². The minimum absolute atomic E-state index is 0.149. The number of rotatable bonds is 7. The maximum Gasteiger partial charge on any atom is 0.307 e. The second kappa shape index (κ2) is 8.55. The van der Waals surface area contributed by atoms with Crippen molar-refractivity contribution in [2.24, 2.45) is 17.8 Å². The molecule has 1 amide bonds. The highest BCUT2D eigenvalue weighted by atomic mass is 16.6. The third-order valence-electron chi connectivity index (χ3n) is 4.65. The Balaban J connectivity index is 1.91. The van der Waals surface area contributed by atoms with Crippen LogP contribution < -0.4 is 5.32 Å². The number of para-hydroxylation sites is 1. The molecule has 140 valence electrons. The number of hydrogen-bond donors (Lipinski definition) is 1. The van der Waals surface area contributed by atoms with Crippen LogP contribution in [0.4, 0.5) is 5.69 Å². The third-order valence-corrected chi connectivity index (χ3v) is 4.65. The van der Waals surface area contributed by atoms with Crippen LogP contribution in [-0.2, 0) is 19.1 Å². The Morgan fingerprint density at radius 1 is 1.35 bits per heavy atom. The maximum absolute atomic E-state index is 12.1. The summed E-state index contributed by atoms with van der Waals surface area (Å²) in [6.07, 6.45) is -1.06. The van der Waals surface area contributed by atoms with Gasteiger partial charge < -0.3 is 10.1 Å². The molecule has 1 N–H and O–H groups in total. The van der Waals surface area contributed by atoms with E-state index in [1.165, 1.54) is 6.92 Å². The van der Waals surface area contributed by atoms with Crippen LogP contribution in [0.3, 0.4) is 0 Å². The first kappa shape index (κ1) is 19.6. The molecule has 2 rings (SSSR count). The molecule has 4 atom stereocenters. The molecular weight excluding hydrogens is 340 g/mol. The maximum atomic E-state index is 12.1. The zero-order valence-corrected chi connectivity index (χ0v) is 14.7. The first-order valence-corrected chi connectivity index (χ1v) is 8.47. The lowest BCUT2D eigenvalue weighted by Crippen LogP contribution is -2.32. The van der Waals surface area contributed by atoms with Crippen molar-refractivity contribution in [3.63, 3.8) is 0 Å². The zero-order valence-electron chi connectivity index (χ0n) is 14.7. The number of anilines is 1. The molecule has 1 saturated carbocycles. The molecule has 0 aromatic heterocycles. The Morgan fingerprint density at radius 2 is 2.00 bits per heavy atom. The van der Waals surface area contributed by atoms with Crippen LogP contribution in [0, 0.1) is 27.9 Å². The van der Waals surface area contributed by atoms with Crippen molar-refractivity contribution in [3.8, 4) is 0 Å². The van der Waals surface area contributed by atoms with Crippen molar-refractivity contribution < 1.29 is 24.0 Å². The van der Waals surface area contributed by atoms with Crippen LogP contribution >= 0.6 is 0 Å². The van der Waals surface area contributed by atoms with Crippen molar-refractivity contribution in [1.82, 2.24) is 0 Å². The van der Waals surface area contributed by atoms with Gasteiger partial charge in [0.2, 0.25) is 6.54 Å². The van der Waals surface area contributed by atoms with Gasteiger partial charge in [0.1, 0.15) is 5.78 Å². The summed E-state index contributed by atoms with van der Waals surface area (Å²) in [5, 5.41) is 13.4. The predicted molar refractivity (Wildman–Crippen MR) is 92.9 cm³/mol. The van der Waals surface area contributed by atoms with Gasteiger partial charge in [-0.05, 0) is 25.0 Å². The molecule has 1 aliphatic rings. The molecule has 8 nitrogen and oxygen atoms in total. The number of esters is 1. The normalized spacial score (nSPS) is 23.3. The van der Waals surface area contributed by atoms with Gasteiger partial charge in [0.15, 0.2) is 6.10 Å². The van der Waals surface area contributed by atoms with E-state index in [0.717, 1.165) is 0 Å². The lowest BCUT2D eigenvalue weighted by molar-refractivity contribution is -0.490. The smallest absolute Gasteiger partial charge is 0.307 e. The molecule has 0 heterocycles.